The lowest BCUT2D eigenvalue weighted by atomic mass is 10.1. The number of esters is 1. The Balaban J connectivity index is 2.07. The SMILES string of the molecule is COC(=O)c1sccc1S(=O)(=O)Nc1ccc(Cl)c2ccccc12. The van der Waals surface area contributed by atoms with Gasteiger partial charge in [-0.25, -0.2) is 13.2 Å². The lowest BCUT2D eigenvalue weighted by Crippen LogP contribution is -2.16. The van der Waals surface area contributed by atoms with Gasteiger partial charge in [0.05, 0.1) is 12.8 Å². The smallest absolute Gasteiger partial charge is 0.349 e. The third kappa shape index (κ3) is 2.98. The number of ether oxygens (including phenoxy) is 1. The van der Waals surface area contributed by atoms with E-state index in [0.29, 0.717) is 16.1 Å². The van der Waals surface area contributed by atoms with Crippen LogP contribution in [0.2, 0.25) is 5.02 Å². The Hall–Kier alpha value is -2.09. The van der Waals surface area contributed by atoms with E-state index in [1.807, 2.05) is 6.07 Å². The summed E-state index contributed by atoms with van der Waals surface area (Å²) in [6.07, 6.45) is 0. The summed E-state index contributed by atoms with van der Waals surface area (Å²) in [6, 6.07) is 11.8. The molecule has 3 aromatic rings. The van der Waals surface area contributed by atoms with Gasteiger partial charge in [0.2, 0.25) is 0 Å². The number of rotatable bonds is 4. The predicted octanol–water partition coefficient (Wildman–Crippen LogP) is 4.14. The fourth-order valence-corrected chi connectivity index (χ4v) is 4.95. The zero-order valence-corrected chi connectivity index (χ0v) is 14.8. The number of sulfonamides is 1. The molecule has 0 fully saturated rings. The molecule has 1 aromatic heterocycles. The molecule has 3 rings (SSSR count). The average molecular weight is 382 g/mol. The Morgan fingerprint density at radius 3 is 2.54 bits per heavy atom. The highest BCUT2D eigenvalue weighted by molar-refractivity contribution is 7.93. The first-order chi connectivity index (χ1) is 11.4. The van der Waals surface area contributed by atoms with Crippen molar-refractivity contribution in [2.75, 3.05) is 11.8 Å². The van der Waals surface area contributed by atoms with E-state index < -0.39 is 16.0 Å². The summed E-state index contributed by atoms with van der Waals surface area (Å²) in [6.45, 7) is 0. The molecule has 0 aliphatic rings. The van der Waals surface area contributed by atoms with Crippen LogP contribution in [0.5, 0.6) is 0 Å². The molecule has 24 heavy (non-hydrogen) atoms. The van der Waals surface area contributed by atoms with Gasteiger partial charge >= 0.3 is 5.97 Å². The van der Waals surface area contributed by atoms with Gasteiger partial charge in [-0.2, -0.15) is 0 Å². The molecule has 0 aliphatic carbocycles. The van der Waals surface area contributed by atoms with Gasteiger partial charge in [0.15, 0.2) is 0 Å². The molecule has 1 N–H and O–H groups in total. The van der Waals surface area contributed by atoms with Crippen molar-refractivity contribution in [1.29, 1.82) is 0 Å². The van der Waals surface area contributed by atoms with Crippen molar-refractivity contribution < 1.29 is 17.9 Å². The Morgan fingerprint density at radius 1 is 1.12 bits per heavy atom. The fraction of sp³-hybridized carbons (Fsp3) is 0.0625. The van der Waals surface area contributed by atoms with E-state index >= 15 is 0 Å². The average Bonchev–Trinajstić information content (AvgIpc) is 3.07. The van der Waals surface area contributed by atoms with E-state index in [2.05, 4.69) is 9.46 Å². The van der Waals surface area contributed by atoms with E-state index in [4.69, 9.17) is 11.6 Å². The molecule has 0 atom stereocenters. The maximum absolute atomic E-state index is 12.7. The van der Waals surface area contributed by atoms with Crippen LogP contribution in [0.1, 0.15) is 9.67 Å². The van der Waals surface area contributed by atoms with Crippen LogP contribution >= 0.6 is 22.9 Å². The van der Waals surface area contributed by atoms with E-state index in [0.717, 1.165) is 16.7 Å². The molecular formula is C16H12ClNO4S2. The second-order valence-electron chi connectivity index (χ2n) is 4.85. The second kappa shape index (κ2) is 6.43. The standard InChI is InChI=1S/C16H12ClNO4S2/c1-22-16(19)15-14(8-9-23-15)24(20,21)18-13-7-6-12(17)10-4-2-3-5-11(10)13/h2-9,18H,1H3. The van der Waals surface area contributed by atoms with Gasteiger partial charge in [0.1, 0.15) is 9.77 Å². The van der Waals surface area contributed by atoms with Crippen LogP contribution in [-0.2, 0) is 14.8 Å². The Kier molecular flexibility index (Phi) is 4.49. The summed E-state index contributed by atoms with van der Waals surface area (Å²) in [5, 5.41) is 3.46. The summed E-state index contributed by atoms with van der Waals surface area (Å²) < 4.78 is 32.5. The van der Waals surface area contributed by atoms with Crippen LogP contribution < -0.4 is 4.72 Å². The van der Waals surface area contributed by atoms with Crippen molar-refractivity contribution in [2.24, 2.45) is 0 Å². The number of benzene rings is 2. The minimum Gasteiger partial charge on any atom is -0.465 e. The van der Waals surface area contributed by atoms with Crippen LogP contribution in [0.25, 0.3) is 10.8 Å². The monoisotopic (exact) mass is 381 g/mol. The molecule has 2 aromatic carbocycles. The molecule has 5 nitrogen and oxygen atoms in total. The van der Waals surface area contributed by atoms with Gasteiger partial charge in [-0.15, -0.1) is 11.3 Å². The van der Waals surface area contributed by atoms with Gasteiger partial charge in [0, 0.05) is 15.8 Å². The van der Waals surface area contributed by atoms with Crippen LogP contribution in [0.4, 0.5) is 5.69 Å². The summed E-state index contributed by atoms with van der Waals surface area (Å²) in [5.41, 5.74) is 0.386. The highest BCUT2D eigenvalue weighted by Crippen LogP contribution is 2.32. The van der Waals surface area contributed by atoms with Crippen LogP contribution in [0, 0.1) is 0 Å². The molecule has 0 bridgehead atoms. The third-order valence-corrected chi connectivity index (χ3v) is 6.17. The number of nitrogens with one attached hydrogen (secondary N) is 1. The third-order valence-electron chi connectivity index (χ3n) is 3.40. The van der Waals surface area contributed by atoms with Crippen LogP contribution in [0.15, 0.2) is 52.7 Å². The second-order valence-corrected chi connectivity index (χ2v) is 7.83. The summed E-state index contributed by atoms with van der Waals surface area (Å²) in [4.78, 5) is 11.6. The largest absolute Gasteiger partial charge is 0.465 e. The number of halogens is 1. The normalized spacial score (nSPS) is 11.4. The Bertz CT molecular complexity index is 1030. The molecule has 0 saturated heterocycles. The molecule has 8 heteroatoms. The number of hydrogen-bond donors (Lipinski definition) is 1. The predicted molar refractivity (Wildman–Crippen MR) is 95.4 cm³/mol. The van der Waals surface area contributed by atoms with Crippen molar-refractivity contribution in [3.05, 3.63) is 57.7 Å². The molecular weight excluding hydrogens is 370 g/mol. The molecule has 0 spiro atoms. The quantitative estimate of drug-likeness (QED) is 0.689. The number of carbonyl (C=O) groups is 1. The van der Waals surface area contributed by atoms with E-state index in [9.17, 15) is 13.2 Å². The highest BCUT2D eigenvalue weighted by atomic mass is 35.5. The van der Waals surface area contributed by atoms with Gasteiger partial charge in [-0.05, 0) is 23.6 Å². The molecule has 0 saturated carbocycles. The number of hydrogen-bond acceptors (Lipinski definition) is 5. The minimum absolute atomic E-state index is 0.0308. The number of thiophene rings is 1. The van der Waals surface area contributed by atoms with Crippen molar-refractivity contribution >= 4 is 55.4 Å². The van der Waals surface area contributed by atoms with Crippen molar-refractivity contribution in [2.45, 2.75) is 4.90 Å². The highest BCUT2D eigenvalue weighted by Gasteiger charge is 2.25. The molecule has 0 unspecified atom stereocenters. The summed E-state index contributed by atoms with van der Waals surface area (Å²) in [5.74, 6) is -0.689. The van der Waals surface area contributed by atoms with Gasteiger partial charge < -0.3 is 4.74 Å². The van der Waals surface area contributed by atoms with Crippen LogP contribution in [0.3, 0.4) is 0 Å². The topological polar surface area (TPSA) is 72.5 Å². The molecule has 0 radical (unpaired) electrons. The molecule has 1 heterocycles. The zero-order chi connectivity index (χ0) is 17.3. The van der Waals surface area contributed by atoms with Gasteiger partial charge in [-0.3, -0.25) is 4.72 Å². The van der Waals surface area contributed by atoms with Crippen LogP contribution in [-0.4, -0.2) is 21.5 Å². The zero-order valence-electron chi connectivity index (χ0n) is 12.4. The molecule has 0 aliphatic heterocycles. The maximum Gasteiger partial charge on any atom is 0.349 e. The fourth-order valence-electron chi connectivity index (χ4n) is 2.30. The first-order valence-electron chi connectivity index (χ1n) is 6.80. The van der Waals surface area contributed by atoms with E-state index in [1.54, 1.807) is 30.3 Å². The maximum atomic E-state index is 12.7. The lowest BCUT2D eigenvalue weighted by Gasteiger charge is -2.11. The van der Waals surface area contributed by atoms with Gasteiger partial charge in [-0.1, -0.05) is 35.9 Å². The summed E-state index contributed by atoms with van der Waals surface area (Å²) in [7, 11) is -2.74. The van der Waals surface area contributed by atoms with E-state index in [-0.39, 0.29) is 9.77 Å². The number of anilines is 1. The van der Waals surface area contributed by atoms with Crippen molar-refractivity contribution in [1.82, 2.24) is 0 Å². The first-order valence-corrected chi connectivity index (χ1v) is 9.54. The number of fused-ring (bicyclic) bond motifs is 1. The Morgan fingerprint density at radius 2 is 1.83 bits per heavy atom. The van der Waals surface area contributed by atoms with E-state index in [1.165, 1.54) is 18.6 Å². The van der Waals surface area contributed by atoms with Gasteiger partial charge in [0.25, 0.3) is 10.0 Å². The van der Waals surface area contributed by atoms with Crippen molar-refractivity contribution in [3.8, 4) is 0 Å². The summed E-state index contributed by atoms with van der Waals surface area (Å²) >= 11 is 7.16. The Labute approximate surface area is 147 Å². The first kappa shape index (κ1) is 16.8. The van der Waals surface area contributed by atoms with Crippen molar-refractivity contribution in [3.63, 3.8) is 0 Å². The minimum atomic E-state index is -3.94. The molecule has 124 valence electrons. The molecule has 0 amide bonds. The number of methoxy groups -OCH3 is 1. The lowest BCUT2D eigenvalue weighted by molar-refractivity contribution is 0.0602. The number of carbonyl (C=O) groups excluding carboxylic acids is 1.